The Morgan fingerprint density at radius 2 is 1.70 bits per heavy atom. The van der Waals surface area contributed by atoms with Gasteiger partial charge in [0.05, 0.1) is 14.9 Å². The van der Waals surface area contributed by atoms with Crippen LogP contribution in [0, 0.1) is 7.14 Å². The van der Waals surface area contributed by atoms with Crippen LogP contribution in [0.4, 0.5) is 11.4 Å². The predicted octanol–water partition coefficient (Wildman–Crippen LogP) is 2.06. The Kier molecular flexibility index (Phi) is 2.61. The van der Waals surface area contributed by atoms with Gasteiger partial charge in [0.25, 0.3) is 0 Å². The van der Waals surface area contributed by atoms with Crippen LogP contribution in [0.25, 0.3) is 0 Å². The average molecular weight is 360 g/mol. The zero-order valence-corrected chi connectivity index (χ0v) is 9.38. The van der Waals surface area contributed by atoms with Crippen molar-refractivity contribution in [3.05, 3.63) is 19.3 Å². The highest BCUT2D eigenvalue weighted by atomic mass is 127. The molecule has 1 aromatic rings. The Balaban J connectivity index is 3.34. The molecule has 2 nitrogen and oxygen atoms in total. The Morgan fingerprint density at radius 3 is 2.20 bits per heavy atom. The largest absolute Gasteiger partial charge is 0.397 e. The normalized spacial score (nSPS) is 9.80. The number of rotatable bonds is 0. The van der Waals surface area contributed by atoms with Crippen LogP contribution in [0.3, 0.4) is 0 Å². The molecule has 54 valence electrons. The van der Waals surface area contributed by atoms with E-state index in [9.17, 15) is 0 Å². The van der Waals surface area contributed by atoms with E-state index in [2.05, 4.69) is 45.2 Å². The van der Waals surface area contributed by atoms with Crippen LogP contribution >= 0.6 is 45.2 Å². The van der Waals surface area contributed by atoms with E-state index >= 15 is 0 Å². The van der Waals surface area contributed by atoms with Crippen LogP contribution in [-0.2, 0) is 0 Å². The molecular formula is C6H6I2N2. The summed E-state index contributed by atoms with van der Waals surface area (Å²) < 4.78 is 2.18. The number of halogens is 2. The Labute approximate surface area is 86.6 Å². The number of benzene rings is 1. The first kappa shape index (κ1) is 8.38. The average Bonchev–Trinajstić information content (AvgIpc) is 1.93. The van der Waals surface area contributed by atoms with Crippen LogP contribution in [-0.4, -0.2) is 0 Å². The summed E-state index contributed by atoms with van der Waals surface area (Å²) in [5.74, 6) is 0. The first-order chi connectivity index (χ1) is 4.63. The Bertz CT molecular complexity index is 233. The minimum absolute atomic E-state index is 0.657. The molecule has 0 aliphatic rings. The maximum atomic E-state index is 5.65. The summed E-state index contributed by atoms with van der Waals surface area (Å²) in [6.07, 6.45) is 0. The Hall–Kier alpha value is 0.280. The summed E-state index contributed by atoms with van der Waals surface area (Å²) in [7, 11) is 0. The molecule has 10 heavy (non-hydrogen) atoms. The molecule has 0 heterocycles. The maximum Gasteiger partial charge on any atom is 0.0694 e. The minimum atomic E-state index is 0.657. The van der Waals surface area contributed by atoms with Crippen LogP contribution < -0.4 is 11.5 Å². The highest BCUT2D eigenvalue weighted by Crippen LogP contribution is 2.26. The zero-order chi connectivity index (χ0) is 7.72. The lowest BCUT2D eigenvalue weighted by Crippen LogP contribution is -1.98. The molecular weight excluding hydrogens is 354 g/mol. The van der Waals surface area contributed by atoms with E-state index in [4.69, 9.17) is 11.5 Å². The molecule has 0 unspecified atom stereocenters. The molecule has 0 bridgehead atoms. The van der Waals surface area contributed by atoms with E-state index in [1.807, 2.05) is 12.1 Å². The molecule has 0 atom stereocenters. The molecule has 4 N–H and O–H groups in total. The number of nitrogen functional groups attached to an aromatic ring is 2. The number of nitrogens with two attached hydrogens (primary N) is 2. The zero-order valence-electron chi connectivity index (χ0n) is 5.07. The molecule has 1 aromatic carbocycles. The van der Waals surface area contributed by atoms with Crippen molar-refractivity contribution in [3.8, 4) is 0 Å². The quantitative estimate of drug-likeness (QED) is 0.550. The lowest BCUT2D eigenvalue weighted by Gasteiger charge is -2.03. The fourth-order valence-electron chi connectivity index (χ4n) is 0.581. The maximum absolute atomic E-state index is 5.65. The van der Waals surface area contributed by atoms with E-state index in [1.165, 1.54) is 0 Å². The monoisotopic (exact) mass is 360 g/mol. The van der Waals surface area contributed by atoms with Crippen LogP contribution in [0.5, 0.6) is 0 Å². The van der Waals surface area contributed by atoms with Gasteiger partial charge in [-0.2, -0.15) is 0 Å². The van der Waals surface area contributed by atoms with Crippen molar-refractivity contribution in [2.75, 3.05) is 11.5 Å². The van der Waals surface area contributed by atoms with Gasteiger partial charge in [0.2, 0.25) is 0 Å². The molecule has 0 aliphatic carbocycles. The summed E-state index contributed by atoms with van der Waals surface area (Å²) >= 11 is 4.41. The fraction of sp³-hybridized carbons (Fsp3) is 0. The summed E-state index contributed by atoms with van der Waals surface area (Å²) in [5.41, 5.74) is 12.5. The van der Waals surface area contributed by atoms with Gasteiger partial charge in [-0.3, -0.25) is 0 Å². The number of anilines is 2. The first-order valence-electron chi connectivity index (χ1n) is 2.62. The fourth-order valence-corrected chi connectivity index (χ4v) is 1.54. The predicted molar refractivity (Wildman–Crippen MR) is 60.7 cm³/mol. The molecule has 0 aliphatic heterocycles. The van der Waals surface area contributed by atoms with E-state index in [-0.39, 0.29) is 0 Å². The SMILES string of the molecule is Nc1ccc(I)c(I)c1N. The van der Waals surface area contributed by atoms with Crippen molar-refractivity contribution in [2.24, 2.45) is 0 Å². The molecule has 0 saturated heterocycles. The van der Waals surface area contributed by atoms with Crippen molar-refractivity contribution in [1.82, 2.24) is 0 Å². The second-order valence-electron chi connectivity index (χ2n) is 1.86. The lowest BCUT2D eigenvalue weighted by molar-refractivity contribution is 1.56. The highest BCUT2D eigenvalue weighted by molar-refractivity contribution is 14.1. The second kappa shape index (κ2) is 3.12. The van der Waals surface area contributed by atoms with Crippen molar-refractivity contribution in [1.29, 1.82) is 0 Å². The molecule has 0 saturated carbocycles. The molecule has 1 rings (SSSR count). The van der Waals surface area contributed by atoms with Gasteiger partial charge in [-0.15, -0.1) is 0 Å². The summed E-state index contributed by atoms with van der Waals surface area (Å²) in [5, 5.41) is 0. The van der Waals surface area contributed by atoms with Crippen molar-refractivity contribution in [3.63, 3.8) is 0 Å². The summed E-state index contributed by atoms with van der Waals surface area (Å²) in [4.78, 5) is 0. The molecule has 0 fully saturated rings. The summed E-state index contributed by atoms with van der Waals surface area (Å²) in [6, 6.07) is 3.77. The van der Waals surface area contributed by atoms with E-state index in [0.717, 1.165) is 7.14 Å². The van der Waals surface area contributed by atoms with E-state index in [0.29, 0.717) is 11.4 Å². The molecule has 4 heteroatoms. The van der Waals surface area contributed by atoms with Crippen LogP contribution in [0.2, 0.25) is 0 Å². The molecule has 0 spiro atoms. The third-order valence-corrected chi connectivity index (χ3v) is 4.26. The number of hydrogen-bond donors (Lipinski definition) is 2. The molecule has 0 radical (unpaired) electrons. The summed E-state index contributed by atoms with van der Waals surface area (Å²) in [6.45, 7) is 0. The third-order valence-electron chi connectivity index (χ3n) is 1.17. The molecule has 0 amide bonds. The smallest absolute Gasteiger partial charge is 0.0694 e. The van der Waals surface area contributed by atoms with Gasteiger partial charge in [-0.25, -0.2) is 0 Å². The van der Waals surface area contributed by atoms with Gasteiger partial charge in [-0.1, -0.05) is 0 Å². The molecule has 0 aromatic heterocycles. The standard InChI is InChI=1S/C6H6I2N2/c7-3-1-2-4(9)6(10)5(3)8/h1-2H,9-10H2. The topological polar surface area (TPSA) is 52.0 Å². The van der Waals surface area contributed by atoms with Crippen LogP contribution in [0.1, 0.15) is 0 Å². The Morgan fingerprint density at radius 1 is 1.10 bits per heavy atom. The van der Waals surface area contributed by atoms with Gasteiger partial charge < -0.3 is 11.5 Å². The van der Waals surface area contributed by atoms with Crippen molar-refractivity contribution in [2.45, 2.75) is 0 Å². The number of hydrogen-bond acceptors (Lipinski definition) is 2. The van der Waals surface area contributed by atoms with E-state index < -0.39 is 0 Å². The van der Waals surface area contributed by atoms with E-state index in [1.54, 1.807) is 0 Å². The van der Waals surface area contributed by atoms with Gasteiger partial charge in [-0.05, 0) is 57.3 Å². The third kappa shape index (κ3) is 1.47. The van der Waals surface area contributed by atoms with Crippen molar-refractivity contribution < 1.29 is 0 Å². The van der Waals surface area contributed by atoms with Gasteiger partial charge in [0.1, 0.15) is 0 Å². The lowest BCUT2D eigenvalue weighted by atomic mass is 10.3. The van der Waals surface area contributed by atoms with Gasteiger partial charge >= 0.3 is 0 Å². The van der Waals surface area contributed by atoms with Crippen molar-refractivity contribution >= 4 is 56.6 Å². The van der Waals surface area contributed by atoms with Gasteiger partial charge in [0.15, 0.2) is 0 Å². The van der Waals surface area contributed by atoms with Crippen LogP contribution in [0.15, 0.2) is 12.1 Å². The second-order valence-corrected chi connectivity index (χ2v) is 4.11. The highest BCUT2D eigenvalue weighted by Gasteiger charge is 2.02. The minimum Gasteiger partial charge on any atom is -0.397 e. The first-order valence-corrected chi connectivity index (χ1v) is 4.77. The van der Waals surface area contributed by atoms with Gasteiger partial charge in [0, 0.05) is 3.57 Å².